The number of aryl methyl sites for hydroxylation is 1. The molecule has 2 heterocycles. The summed E-state index contributed by atoms with van der Waals surface area (Å²) < 4.78 is 18.3. The molecule has 0 saturated carbocycles. The van der Waals surface area contributed by atoms with Gasteiger partial charge in [-0.15, -0.1) is 0 Å². The number of carbonyl (C=O) groups excluding carboxylic acids is 1. The quantitative estimate of drug-likeness (QED) is 0.655. The van der Waals surface area contributed by atoms with Crippen LogP contribution in [-0.4, -0.2) is 35.9 Å². The monoisotopic (exact) mass is 408 g/mol. The lowest BCUT2D eigenvalue weighted by molar-refractivity contribution is 0.171. The molecule has 1 aliphatic heterocycles. The second kappa shape index (κ2) is 8.77. The summed E-state index contributed by atoms with van der Waals surface area (Å²) in [5.74, 6) is 2.86. The number of fused-ring (bicyclic) bond motifs is 1. The van der Waals surface area contributed by atoms with Crippen LogP contribution in [0.25, 0.3) is 0 Å². The highest BCUT2D eigenvalue weighted by atomic mass is 16.6. The van der Waals surface area contributed by atoms with Gasteiger partial charge in [0.25, 0.3) is 0 Å². The van der Waals surface area contributed by atoms with Crippen LogP contribution in [0.4, 0.5) is 4.79 Å². The molecule has 1 atom stereocenters. The zero-order chi connectivity index (χ0) is 20.9. The fraction of sp³-hybridized carbons (Fsp3) is 0.273. The number of amides is 2. The summed E-state index contributed by atoms with van der Waals surface area (Å²) in [5.41, 5.74) is 1.79. The van der Waals surface area contributed by atoms with Crippen LogP contribution in [0, 0.1) is 0 Å². The number of nitrogens with one attached hydrogen (secondary N) is 2. The van der Waals surface area contributed by atoms with Gasteiger partial charge in [-0.25, -0.2) is 9.78 Å². The number of aromatic nitrogens is 2. The van der Waals surface area contributed by atoms with Crippen LogP contribution in [0.3, 0.4) is 0 Å². The van der Waals surface area contributed by atoms with Crippen molar-refractivity contribution in [1.82, 2.24) is 20.2 Å². The topological polar surface area (TPSA) is 86.6 Å². The second-order valence-electron chi connectivity index (χ2n) is 6.91. The van der Waals surface area contributed by atoms with E-state index in [0.717, 1.165) is 22.7 Å². The summed E-state index contributed by atoms with van der Waals surface area (Å²) in [6.45, 7) is 1.43. The first-order valence-corrected chi connectivity index (χ1v) is 9.68. The van der Waals surface area contributed by atoms with Crippen molar-refractivity contribution in [2.75, 3.05) is 20.3 Å². The van der Waals surface area contributed by atoms with Gasteiger partial charge in [-0.05, 0) is 35.4 Å². The molecule has 156 valence electrons. The molecule has 0 radical (unpaired) electrons. The summed E-state index contributed by atoms with van der Waals surface area (Å²) in [5, 5.41) is 5.92. The van der Waals surface area contributed by atoms with Crippen molar-refractivity contribution in [3.05, 3.63) is 71.8 Å². The number of methoxy groups -OCH3 is 1. The fourth-order valence-corrected chi connectivity index (χ4v) is 3.34. The maximum atomic E-state index is 12.7. The Morgan fingerprint density at radius 2 is 2.03 bits per heavy atom. The maximum Gasteiger partial charge on any atom is 0.315 e. The summed E-state index contributed by atoms with van der Waals surface area (Å²) in [4.78, 5) is 17.1. The number of imidazole rings is 1. The number of rotatable bonds is 6. The van der Waals surface area contributed by atoms with E-state index in [1.165, 1.54) is 0 Å². The average Bonchev–Trinajstić information content (AvgIpc) is 3.21. The van der Waals surface area contributed by atoms with Crippen molar-refractivity contribution in [1.29, 1.82) is 0 Å². The summed E-state index contributed by atoms with van der Waals surface area (Å²) in [7, 11) is 3.51. The molecule has 2 amide bonds. The minimum atomic E-state index is -0.430. The van der Waals surface area contributed by atoms with Crippen LogP contribution < -0.4 is 24.8 Å². The number of ether oxygens (including phenoxy) is 3. The fourth-order valence-electron chi connectivity index (χ4n) is 3.34. The van der Waals surface area contributed by atoms with Gasteiger partial charge in [0, 0.05) is 26.0 Å². The zero-order valence-electron chi connectivity index (χ0n) is 16.9. The third-order valence-electron chi connectivity index (χ3n) is 4.88. The Bertz CT molecular complexity index is 1030. The van der Waals surface area contributed by atoms with Gasteiger partial charge in [-0.1, -0.05) is 18.2 Å². The molecule has 4 rings (SSSR count). The Balaban J connectivity index is 1.47. The van der Waals surface area contributed by atoms with E-state index in [-0.39, 0.29) is 6.03 Å². The number of carbonyl (C=O) groups is 1. The highest BCUT2D eigenvalue weighted by molar-refractivity contribution is 5.75. The van der Waals surface area contributed by atoms with Crippen molar-refractivity contribution in [3.8, 4) is 17.2 Å². The predicted molar refractivity (Wildman–Crippen MR) is 111 cm³/mol. The van der Waals surface area contributed by atoms with E-state index in [2.05, 4.69) is 15.6 Å². The zero-order valence-corrected chi connectivity index (χ0v) is 16.9. The third kappa shape index (κ3) is 4.32. The molecule has 8 nitrogen and oxygen atoms in total. The molecular weight excluding hydrogens is 384 g/mol. The predicted octanol–water partition coefficient (Wildman–Crippen LogP) is 2.79. The van der Waals surface area contributed by atoms with Crippen molar-refractivity contribution >= 4 is 6.03 Å². The molecule has 3 aromatic rings. The average molecular weight is 408 g/mol. The second-order valence-corrected chi connectivity index (χ2v) is 6.91. The van der Waals surface area contributed by atoms with E-state index in [0.29, 0.717) is 31.3 Å². The number of hydrogen-bond donors (Lipinski definition) is 2. The Labute approximate surface area is 174 Å². The smallest absolute Gasteiger partial charge is 0.315 e. The number of nitrogens with zero attached hydrogens (tertiary/aromatic N) is 2. The van der Waals surface area contributed by atoms with Crippen molar-refractivity contribution < 1.29 is 19.0 Å². The van der Waals surface area contributed by atoms with Gasteiger partial charge < -0.3 is 29.4 Å². The Hall–Kier alpha value is -3.68. The lowest BCUT2D eigenvalue weighted by atomic mass is 10.1. The molecule has 0 fully saturated rings. The molecular formula is C22H24N4O4. The highest BCUT2D eigenvalue weighted by Gasteiger charge is 2.21. The number of hydrogen-bond acceptors (Lipinski definition) is 5. The van der Waals surface area contributed by atoms with Crippen LogP contribution in [0.2, 0.25) is 0 Å². The van der Waals surface area contributed by atoms with Crippen LogP contribution in [0.15, 0.2) is 54.9 Å². The molecule has 2 aromatic carbocycles. The largest absolute Gasteiger partial charge is 0.497 e. The Morgan fingerprint density at radius 1 is 1.20 bits per heavy atom. The summed E-state index contributed by atoms with van der Waals surface area (Å²) >= 11 is 0. The van der Waals surface area contributed by atoms with Crippen LogP contribution >= 0.6 is 0 Å². The minimum absolute atomic E-state index is 0.305. The first-order valence-electron chi connectivity index (χ1n) is 9.68. The molecule has 0 aliphatic carbocycles. The van der Waals surface area contributed by atoms with Crippen molar-refractivity contribution in [2.24, 2.45) is 7.05 Å². The van der Waals surface area contributed by atoms with Gasteiger partial charge in [-0.3, -0.25) is 0 Å². The summed E-state index contributed by atoms with van der Waals surface area (Å²) in [6, 6.07) is 12.5. The molecule has 0 unspecified atom stereocenters. The van der Waals surface area contributed by atoms with Crippen molar-refractivity contribution in [2.45, 2.75) is 12.6 Å². The highest BCUT2D eigenvalue weighted by Crippen LogP contribution is 2.30. The Morgan fingerprint density at radius 3 is 2.80 bits per heavy atom. The molecule has 30 heavy (non-hydrogen) atoms. The van der Waals surface area contributed by atoms with E-state index < -0.39 is 6.04 Å². The van der Waals surface area contributed by atoms with Gasteiger partial charge in [0.05, 0.1) is 7.11 Å². The summed E-state index contributed by atoms with van der Waals surface area (Å²) in [6.07, 6.45) is 3.55. The van der Waals surface area contributed by atoms with Gasteiger partial charge in [0.15, 0.2) is 11.5 Å². The lowest BCUT2D eigenvalue weighted by Crippen LogP contribution is -2.39. The third-order valence-corrected chi connectivity index (χ3v) is 4.88. The first kappa shape index (κ1) is 19.6. The van der Waals surface area contributed by atoms with E-state index in [9.17, 15) is 4.79 Å². The van der Waals surface area contributed by atoms with Crippen LogP contribution in [-0.2, 0) is 13.6 Å². The first-order chi connectivity index (χ1) is 14.6. The van der Waals surface area contributed by atoms with Gasteiger partial charge >= 0.3 is 6.03 Å². The van der Waals surface area contributed by atoms with Gasteiger partial charge in [0.2, 0.25) is 0 Å². The molecule has 0 saturated heterocycles. The van der Waals surface area contributed by atoms with Crippen molar-refractivity contribution in [3.63, 3.8) is 0 Å². The van der Waals surface area contributed by atoms with E-state index in [1.807, 2.05) is 60.3 Å². The molecule has 1 aromatic heterocycles. The van der Waals surface area contributed by atoms with E-state index >= 15 is 0 Å². The minimum Gasteiger partial charge on any atom is -0.497 e. The molecule has 0 spiro atoms. The lowest BCUT2D eigenvalue weighted by Gasteiger charge is -2.21. The maximum absolute atomic E-state index is 12.7. The molecule has 2 N–H and O–H groups in total. The van der Waals surface area contributed by atoms with Crippen LogP contribution in [0.1, 0.15) is 23.0 Å². The van der Waals surface area contributed by atoms with Gasteiger partial charge in [-0.2, -0.15) is 0 Å². The van der Waals surface area contributed by atoms with Crippen LogP contribution in [0.5, 0.6) is 17.2 Å². The molecule has 8 heteroatoms. The number of benzene rings is 2. The van der Waals surface area contributed by atoms with E-state index in [1.54, 1.807) is 13.3 Å². The normalized spacial score (nSPS) is 13.4. The van der Waals surface area contributed by atoms with Gasteiger partial charge in [0.1, 0.15) is 30.8 Å². The Kier molecular flexibility index (Phi) is 5.74. The molecule has 1 aliphatic rings. The van der Waals surface area contributed by atoms with E-state index in [4.69, 9.17) is 14.2 Å². The SMILES string of the molecule is COc1cccc([C@@H](NC(=O)NCc2ccc3c(c2)OCCO3)c2nccn2C)c1. The molecule has 0 bridgehead atoms. The number of urea groups is 1. The standard InChI is InChI=1S/C22H24N4O4/c1-26-9-8-23-21(26)20(16-4-3-5-17(13-16)28-2)25-22(27)24-14-15-6-7-18-19(12-15)30-11-10-29-18/h3-9,12-13,20H,10-11,14H2,1-2H3,(H2,24,25,27)/t20-/m1/s1.